The van der Waals surface area contributed by atoms with Crippen molar-refractivity contribution in [3.05, 3.63) is 52.8 Å². The van der Waals surface area contributed by atoms with Crippen LogP contribution in [0.3, 0.4) is 0 Å². The molecule has 0 atom stereocenters. The highest BCUT2D eigenvalue weighted by Gasteiger charge is 2.32. The summed E-state index contributed by atoms with van der Waals surface area (Å²) >= 11 is 5.69. The van der Waals surface area contributed by atoms with Crippen molar-refractivity contribution >= 4 is 23.5 Å². The first-order valence-electron chi connectivity index (χ1n) is 6.42. The predicted molar refractivity (Wildman–Crippen MR) is 78.6 cm³/mol. The van der Waals surface area contributed by atoms with Crippen molar-refractivity contribution in [1.29, 1.82) is 0 Å². The third-order valence-electron chi connectivity index (χ3n) is 2.67. The van der Waals surface area contributed by atoms with Gasteiger partial charge >= 0.3 is 12.5 Å². The lowest BCUT2D eigenvalue weighted by molar-refractivity contribution is -0.274. The molecule has 0 radical (unpaired) electrons. The molecule has 0 aliphatic carbocycles. The zero-order chi connectivity index (χ0) is 18.7. The number of benzene rings is 1. The summed E-state index contributed by atoms with van der Waals surface area (Å²) < 4.78 is 77.2. The summed E-state index contributed by atoms with van der Waals surface area (Å²) in [5, 5.41) is 3.45. The number of halogens is 7. The number of nitrogens with one attached hydrogen (secondary N) is 1. The second-order valence-electron chi connectivity index (χ2n) is 4.53. The van der Waals surface area contributed by atoms with Crippen LogP contribution in [-0.4, -0.2) is 17.6 Å². The topological polar surface area (TPSA) is 46.5 Å². The van der Waals surface area contributed by atoms with Crippen LogP contribution in [0.4, 0.5) is 32.0 Å². The van der Waals surface area contributed by atoms with E-state index in [2.05, 4.69) is 20.2 Å². The fourth-order valence-electron chi connectivity index (χ4n) is 1.60. The minimum atomic E-state index is -4.79. The Morgan fingerprint density at radius 1 is 1.08 bits per heavy atom. The van der Waals surface area contributed by atoms with Crippen molar-refractivity contribution in [2.24, 2.45) is 5.10 Å². The first kappa shape index (κ1) is 18.8. The normalized spacial score (nSPS) is 12.4. The van der Waals surface area contributed by atoms with Crippen LogP contribution in [0.25, 0.3) is 0 Å². The highest BCUT2D eigenvalue weighted by molar-refractivity contribution is 6.32. The zero-order valence-corrected chi connectivity index (χ0v) is 12.7. The second-order valence-corrected chi connectivity index (χ2v) is 4.94. The number of anilines is 1. The summed E-state index contributed by atoms with van der Waals surface area (Å²) in [4.78, 5) is 3.54. The van der Waals surface area contributed by atoms with Crippen LogP contribution in [-0.2, 0) is 6.18 Å². The standard InChI is InChI=1S/C14H8ClF6N3O/c15-11-5-8(13(16,17)18)6-22-12(11)7-23-24-9-1-3-10(4-2-9)25-14(19,20)21/h1-7,24H/b23-7+. The molecule has 0 aliphatic rings. The molecule has 0 spiro atoms. The molecular weight excluding hydrogens is 376 g/mol. The maximum absolute atomic E-state index is 12.5. The fraction of sp³-hybridized carbons (Fsp3) is 0.143. The smallest absolute Gasteiger partial charge is 0.406 e. The van der Waals surface area contributed by atoms with Gasteiger partial charge in [0.2, 0.25) is 0 Å². The molecule has 25 heavy (non-hydrogen) atoms. The Bertz CT molecular complexity index is 759. The first-order chi connectivity index (χ1) is 11.5. The van der Waals surface area contributed by atoms with Crippen LogP contribution >= 0.6 is 11.6 Å². The molecule has 4 nitrogen and oxygen atoms in total. The molecule has 0 fully saturated rings. The van der Waals surface area contributed by atoms with E-state index in [1.165, 1.54) is 12.1 Å². The minimum Gasteiger partial charge on any atom is -0.406 e. The molecule has 0 bridgehead atoms. The number of alkyl halides is 6. The molecular formula is C14H8ClF6N3O. The summed E-state index contributed by atoms with van der Waals surface area (Å²) in [7, 11) is 0. The Morgan fingerprint density at radius 2 is 1.72 bits per heavy atom. The van der Waals surface area contributed by atoms with Crippen molar-refractivity contribution in [2.75, 3.05) is 5.43 Å². The lowest BCUT2D eigenvalue weighted by Gasteiger charge is -2.09. The van der Waals surface area contributed by atoms with E-state index in [-0.39, 0.29) is 10.7 Å². The molecule has 2 rings (SSSR count). The van der Waals surface area contributed by atoms with Crippen LogP contribution in [0.5, 0.6) is 5.75 Å². The first-order valence-corrected chi connectivity index (χ1v) is 6.80. The lowest BCUT2D eigenvalue weighted by Crippen LogP contribution is -2.16. The maximum atomic E-state index is 12.5. The molecule has 134 valence electrons. The van der Waals surface area contributed by atoms with Crippen LogP contribution < -0.4 is 10.2 Å². The molecule has 0 aliphatic heterocycles. The number of pyridine rings is 1. The van der Waals surface area contributed by atoms with Crippen LogP contribution in [0.15, 0.2) is 41.6 Å². The van der Waals surface area contributed by atoms with Crippen molar-refractivity contribution in [2.45, 2.75) is 12.5 Å². The van der Waals surface area contributed by atoms with E-state index in [0.717, 1.165) is 18.3 Å². The SMILES string of the molecule is FC(F)(F)Oc1ccc(N/N=C/c2ncc(C(F)(F)F)cc2Cl)cc1. The number of hydrogen-bond acceptors (Lipinski definition) is 4. The lowest BCUT2D eigenvalue weighted by atomic mass is 10.2. The average Bonchev–Trinajstić information content (AvgIpc) is 2.48. The van der Waals surface area contributed by atoms with Gasteiger partial charge in [-0.1, -0.05) is 11.6 Å². The Morgan fingerprint density at radius 3 is 2.24 bits per heavy atom. The van der Waals surface area contributed by atoms with Gasteiger partial charge in [-0.05, 0) is 30.3 Å². The van der Waals surface area contributed by atoms with Crippen molar-refractivity contribution in [3.63, 3.8) is 0 Å². The second kappa shape index (κ2) is 7.18. The van der Waals surface area contributed by atoms with E-state index in [1.54, 1.807) is 0 Å². The van der Waals surface area contributed by atoms with Gasteiger partial charge in [0.05, 0.1) is 22.5 Å². The number of ether oxygens (including phenoxy) is 1. The van der Waals surface area contributed by atoms with Gasteiger partial charge in [-0.2, -0.15) is 18.3 Å². The Hall–Kier alpha value is -2.49. The van der Waals surface area contributed by atoms with E-state index in [9.17, 15) is 26.3 Å². The molecule has 0 unspecified atom stereocenters. The highest BCUT2D eigenvalue weighted by atomic mass is 35.5. The molecule has 0 saturated carbocycles. The van der Waals surface area contributed by atoms with E-state index >= 15 is 0 Å². The van der Waals surface area contributed by atoms with E-state index in [4.69, 9.17) is 11.6 Å². The number of nitrogens with zero attached hydrogens (tertiary/aromatic N) is 2. The van der Waals surface area contributed by atoms with Crippen molar-refractivity contribution < 1.29 is 31.1 Å². The summed E-state index contributed by atoms with van der Waals surface area (Å²) in [6.07, 6.45) is -7.68. The van der Waals surface area contributed by atoms with Crippen molar-refractivity contribution in [1.82, 2.24) is 4.98 Å². The number of rotatable bonds is 4. The van der Waals surface area contributed by atoms with Gasteiger partial charge in [0.25, 0.3) is 0 Å². The molecule has 0 saturated heterocycles. The minimum absolute atomic E-state index is 0.0146. The van der Waals surface area contributed by atoms with Gasteiger partial charge in [-0.15, -0.1) is 13.2 Å². The third kappa shape index (κ3) is 5.82. The van der Waals surface area contributed by atoms with E-state index < -0.39 is 23.9 Å². The largest absolute Gasteiger partial charge is 0.573 e. The van der Waals surface area contributed by atoms with Gasteiger partial charge in [-0.25, -0.2) is 0 Å². The maximum Gasteiger partial charge on any atom is 0.573 e. The molecule has 1 N–H and O–H groups in total. The summed E-state index contributed by atoms with van der Waals surface area (Å²) in [6, 6.07) is 5.36. The van der Waals surface area contributed by atoms with Gasteiger partial charge in [0.1, 0.15) is 11.4 Å². The summed E-state index contributed by atoms with van der Waals surface area (Å²) in [6.45, 7) is 0. The van der Waals surface area contributed by atoms with Gasteiger partial charge < -0.3 is 4.74 Å². The molecule has 1 heterocycles. The molecule has 1 aromatic heterocycles. The average molecular weight is 384 g/mol. The van der Waals surface area contributed by atoms with Crippen LogP contribution in [0.2, 0.25) is 5.02 Å². The van der Waals surface area contributed by atoms with Gasteiger partial charge in [0.15, 0.2) is 0 Å². The Balaban J connectivity index is 2.01. The molecule has 1 aromatic carbocycles. The zero-order valence-electron chi connectivity index (χ0n) is 12.0. The van der Waals surface area contributed by atoms with Crippen LogP contribution in [0, 0.1) is 0 Å². The molecule has 11 heteroatoms. The van der Waals surface area contributed by atoms with Gasteiger partial charge in [-0.3, -0.25) is 10.4 Å². The highest BCUT2D eigenvalue weighted by Crippen LogP contribution is 2.30. The predicted octanol–water partition coefficient (Wildman–Crippen LogP) is 5.10. The Labute approximate surface area is 142 Å². The number of hydrogen-bond donors (Lipinski definition) is 1. The monoisotopic (exact) mass is 383 g/mol. The molecule has 2 aromatic rings. The van der Waals surface area contributed by atoms with Crippen LogP contribution in [0.1, 0.15) is 11.3 Å². The van der Waals surface area contributed by atoms with Crippen molar-refractivity contribution in [3.8, 4) is 5.75 Å². The summed E-state index contributed by atoms with van der Waals surface area (Å²) in [5.41, 5.74) is 1.77. The third-order valence-corrected chi connectivity index (χ3v) is 2.97. The summed E-state index contributed by atoms with van der Waals surface area (Å²) in [5.74, 6) is -0.408. The Kier molecular flexibility index (Phi) is 5.41. The van der Waals surface area contributed by atoms with Gasteiger partial charge in [0, 0.05) is 6.20 Å². The van der Waals surface area contributed by atoms with E-state index in [0.29, 0.717) is 18.0 Å². The quantitative estimate of drug-likeness (QED) is 0.454. The number of hydrazone groups is 1. The molecule has 0 amide bonds. The number of aromatic nitrogens is 1. The fourth-order valence-corrected chi connectivity index (χ4v) is 1.81. The van der Waals surface area contributed by atoms with E-state index in [1.807, 2.05) is 0 Å².